The number of aliphatic hydroxyl groups is 1. The van der Waals surface area contributed by atoms with E-state index in [0.29, 0.717) is 15.8 Å². The van der Waals surface area contributed by atoms with E-state index in [1.165, 1.54) is 6.07 Å². The Morgan fingerprint density at radius 3 is 2.74 bits per heavy atom. The SMILES string of the molecule is OCc1ccc(OCc2cccc(Cl)c2F)c(Br)c1. The number of rotatable bonds is 4. The maximum atomic E-state index is 13.7. The topological polar surface area (TPSA) is 29.5 Å². The lowest BCUT2D eigenvalue weighted by molar-refractivity contribution is 0.280. The summed E-state index contributed by atoms with van der Waals surface area (Å²) in [5.41, 5.74) is 1.17. The molecule has 100 valence electrons. The third kappa shape index (κ3) is 3.47. The van der Waals surface area contributed by atoms with Crippen LogP contribution in [0.25, 0.3) is 0 Å². The van der Waals surface area contributed by atoms with Gasteiger partial charge in [-0.05, 0) is 39.7 Å². The van der Waals surface area contributed by atoms with Crippen molar-refractivity contribution in [3.63, 3.8) is 0 Å². The fourth-order valence-electron chi connectivity index (χ4n) is 1.58. The third-order valence-electron chi connectivity index (χ3n) is 2.59. The molecule has 5 heteroatoms. The molecule has 2 rings (SSSR count). The summed E-state index contributed by atoms with van der Waals surface area (Å²) in [4.78, 5) is 0. The van der Waals surface area contributed by atoms with E-state index in [0.717, 1.165) is 5.56 Å². The predicted octanol–water partition coefficient (Wildman–Crippen LogP) is 4.31. The predicted molar refractivity (Wildman–Crippen MR) is 75.8 cm³/mol. The van der Waals surface area contributed by atoms with Gasteiger partial charge in [-0.1, -0.05) is 29.8 Å². The summed E-state index contributed by atoms with van der Waals surface area (Å²) < 4.78 is 19.9. The highest BCUT2D eigenvalue weighted by Gasteiger charge is 2.08. The number of ether oxygens (including phenoxy) is 1. The molecule has 0 unspecified atom stereocenters. The third-order valence-corrected chi connectivity index (χ3v) is 3.51. The van der Waals surface area contributed by atoms with Crippen LogP contribution in [0.5, 0.6) is 5.75 Å². The Morgan fingerprint density at radius 2 is 2.05 bits per heavy atom. The molecule has 0 aliphatic rings. The monoisotopic (exact) mass is 344 g/mol. The standard InChI is InChI=1S/C14H11BrClFO2/c15-11-6-9(7-18)4-5-13(11)19-8-10-2-1-3-12(16)14(10)17/h1-6,18H,7-8H2. The molecular weight excluding hydrogens is 335 g/mol. The summed E-state index contributed by atoms with van der Waals surface area (Å²) in [7, 11) is 0. The fourth-order valence-corrected chi connectivity index (χ4v) is 2.31. The number of aliphatic hydroxyl groups excluding tert-OH is 1. The number of benzene rings is 2. The van der Waals surface area contributed by atoms with Crippen LogP contribution in [-0.4, -0.2) is 5.11 Å². The summed E-state index contributed by atoms with van der Waals surface area (Å²) in [6.07, 6.45) is 0. The van der Waals surface area contributed by atoms with E-state index in [-0.39, 0.29) is 18.2 Å². The van der Waals surface area contributed by atoms with Gasteiger partial charge in [-0.2, -0.15) is 0 Å². The number of halogens is 3. The van der Waals surface area contributed by atoms with Gasteiger partial charge in [0.2, 0.25) is 0 Å². The van der Waals surface area contributed by atoms with Crippen LogP contribution in [0.2, 0.25) is 5.02 Å². The van der Waals surface area contributed by atoms with Gasteiger partial charge < -0.3 is 9.84 Å². The molecule has 1 N–H and O–H groups in total. The van der Waals surface area contributed by atoms with Crippen molar-refractivity contribution in [1.82, 2.24) is 0 Å². The minimum atomic E-state index is -0.465. The highest BCUT2D eigenvalue weighted by atomic mass is 79.9. The van der Waals surface area contributed by atoms with Gasteiger partial charge in [-0.15, -0.1) is 0 Å². The van der Waals surface area contributed by atoms with Crippen molar-refractivity contribution in [2.75, 3.05) is 0 Å². The van der Waals surface area contributed by atoms with Crippen LogP contribution in [0, 0.1) is 5.82 Å². The minimum absolute atomic E-state index is 0.0399. The summed E-state index contributed by atoms with van der Waals surface area (Å²) in [5.74, 6) is 0.115. The molecule has 0 atom stereocenters. The van der Waals surface area contributed by atoms with Gasteiger partial charge in [-0.25, -0.2) is 4.39 Å². The molecule has 0 aromatic heterocycles. The molecule has 2 nitrogen and oxygen atoms in total. The van der Waals surface area contributed by atoms with E-state index in [1.807, 2.05) is 0 Å². The van der Waals surface area contributed by atoms with Crippen LogP contribution in [0.15, 0.2) is 40.9 Å². The van der Waals surface area contributed by atoms with E-state index in [1.54, 1.807) is 30.3 Å². The maximum absolute atomic E-state index is 13.7. The summed E-state index contributed by atoms with van der Waals surface area (Å²) in [6, 6.07) is 10.0. The second-order valence-electron chi connectivity index (χ2n) is 3.92. The Kier molecular flexibility index (Phi) is 4.80. The molecule has 0 saturated heterocycles. The van der Waals surface area contributed by atoms with E-state index in [9.17, 15) is 4.39 Å². The zero-order valence-electron chi connectivity index (χ0n) is 9.87. The number of hydrogen-bond acceptors (Lipinski definition) is 2. The molecule has 0 radical (unpaired) electrons. The van der Waals surface area contributed by atoms with Crippen molar-refractivity contribution < 1.29 is 14.2 Å². The summed E-state index contributed by atoms with van der Waals surface area (Å²) in [5, 5.41) is 9.08. The van der Waals surface area contributed by atoms with E-state index in [4.69, 9.17) is 21.4 Å². The average molecular weight is 346 g/mol. The van der Waals surface area contributed by atoms with Crippen molar-refractivity contribution in [2.24, 2.45) is 0 Å². The summed E-state index contributed by atoms with van der Waals surface area (Å²) >= 11 is 9.04. The molecule has 0 heterocycles. The Bertz CT molecular complexity index is 590. The first-order valence-electron chi connectivity index (χ1n) is 5.57. The second-order valence-corrected chi connectivity index (χ2v) is 5.19. The van der Waals surface area contributed by atoms with Crippen LogP contribution in [-0.2, 0) is 13.2 Å². The lowest BCUT2D eigenvalue weighted by Gasteiger charge is -2.10. The molecule has 0 fully saturated rings. The molecule has 0 aliphatic heterocycles. The fraction of sp³-hybridized carbons (Fsp3) is 0.143. The normalized spacial score (nSPS) is 10.5. The van der Waals surface area contributed by atoms with Crippen molar-refractivity contribution in [3.8, 4) is 5.75 Å². The lowest BCUT2D eigenvalue weighted by atomic mass is 10.2. The number of hydrogen-bond donors (Lipinski definition) is 1. The largest absolute Gasteiger partial charge is 0.488 e. The molecule has 0 aliphatic carbocycles. The second kappa shape index (κ2) is 6.37. The van der Waals surface area contributed by atoms with Gasteiger partial charge >= 0.3 is 0 Å². The quantitative estimate of drug-likeness (QED) is 0.894. The average Bonchev–Trinajstić information content (AvgIpc) is 2.41. The van der Waals surface area contributed by atoms with Crippen molar-refractivity contribution in [3.05, 3.63) is 62.8 Å². The van der Waals surface area contributed by atoms with Gasteiger partial charge in [0, 0.05) is 5.56 Å². The zero-order chi connectivity index (χ0) is 13.8. The molecular formula is C14H11BrClFO2. The Hall–Kier alpha value is -1.10. The van der Waals surface area contributed by atoms with E-state index >= 15 is 0 Å². The molecule has 0 amide bonds. The Labute approximate surface area is 123 Å². The van der Waals surface area contributed by atoms with Gasteiger partial charge in [0.05, 0.1) is 16.1 Å². The zero-order valence-corrected chi connectivity index (χ0v) is 12.2. The first-order chi connectivity index (χ1) is 9.11. The van der Waals surface area contributed by atoms with Crippen LogP contribution >= 0.6 is 27.5 Å². The first-order valence-corrected chi connectivity index (χ1v) is 6.74. The lowest BCUT2D eigenvalue weighted by Crippen LogP contribution is -1.99. The van der Waals surface area contributed by atoms with E-state index in [2.05, 4.69) is 15.9 Å². The van der Waals surface area contributed by atoms with Crippen molar-refractivity contribution >= 4 is 27.5 Å². The first kappa shape index (κ1) is 14.3. The highest BCUT2D eigenvalue weighted by molar-refractivity contribution is 9.10. The van der Waals surface area contributed by atoms with Crippen LogP contribution in [0.1, 0.15) is 11.1 Å². The van der Waals surface area contributed by atoms with Crippen molar-refractivity contribution in [2.45, 2.75) is 13.2 Å². The van der Waals surface area contributed by atoms with Crippen LogP contribution in [0.3, 0.4) is 0 Å². The molecule has 19 heavy (non-hydrogen) atoms. The smallest absolute Gasteiger partial charge is 0.148 e. The van der Waals surface area contributed by atoms with Gasteiger partial charge in [0.25, 0.3) is 0 Å². The van der Waals surface area contributed by atoms with Gasteiger partial charge in [0.15, 0.2) is 0 Å². The van der Waals surface area contributed by atoms with E-state index < -0.39 is 5.82 Å². The molecule has 2 aromatic carbocycles. The van der Waals surface area contributed by atoms with Gasteiger partial charge in [-0.3, -0.25) is 0 Å². The molecule has 0 spiro atoms. The Balaban J connectivity index is 2.12. The van der Waals surface area contributed by atoms with Crippen molar-refractivity contribution in [1.29, 1.82) is 0 Å². The molecule has 2 aromatic rings. The molecule has 0 saturated carbocycles. The summed E-state index contributed by atoms with van der Waals surface area (Å²) in [6.45, 7) is 0.0469. The maximum Gasteiger partial charge on any atom is 0.148 e. The van der Waals surface area contributed by atoms with Gasteiger partial charge in [0.1, 0.15) is 18.2 Å². The highest BCUT2D eigenvalue weighted by Crippen LogP contribution is 2.27. The minimum Gasteiger partial charge on any atom is -0.488 e. The Morgan fingerprint density at radius 1 is 1.26 bits per heavy atom. The molecule has 0 bridgehead atoms. The van der Waals surface area contributed by atoms with Crippen LogP contribution < -0.4 is 4.74 Å². The van der Waals surface area contributed by atoms with Crippen LogP contribution in [0.4, 0.5) is 4.39 Å².